The van der Waals surface area contributed by atoms with Gasteiger partial charge in [-0.3, -0.25) is 0 Å². The van der Waals surface area contributed by atoms with Crippen LogP contribution in [0.5, 0.6) is 0 Å². The van der Waals surface area contributed by atoms with Crippen LogP contribution in [0, 0.1) is 0 Å². The summed E-state index contributed by atoms with van der Waals surface area (Å²) in [5, 5.41) is 7.65. The first-order chi connectivity index (χ1) is 22.8. The molecule has 0 atom stereocenters. The minimum absolute atomic E-state index is 1.17. The quantitative estimate of drug-likeness (QED) is 0.192. The van der Waals surface area contributed by atoms with Crippen molar-refractivity contribution >= 4 is 77.2 Å². The van der Waals surface area contributed by atoms with Gasteiger partial charge in [0.1, 0.15) is 0 Å². The van der Waals surface area contributed by atoms with Crippen molar-refractivity contribution < 1.29 is 0 Å². The largest absolute Gasteiger partial charge is 0.309 e. The van der Waals surface area contributed by atoms with Crippen LogP contribution >= 0.6 is 11.8 Å². The molecule has 0 fully saturated rings. The Morgan fingerprint density at radius 1 is 0.348 bits per heavy atom. The van der Waals surface area contributed by atoms with Gasteiger partial charge in [0.2, 0.25) is 0 Å². The van der Waals surface area contributed by atoms with E-state index < -0.39 is 0 Å². The molecule has 0 saturated carbocycles. The van der Waals surface area contributed by atoms with Crippen LogP contribution < -0.4 is 0 Å². The van der Waals surface area contributed by atoms with E-state index in [2.05, 4.69) is 165 Å². The number of hydrogen-bond acceptors (Lipinski definition) is 1. The normalized spacial score (nSPS) is 12.7. The Balaban J connectivity index is 1.33. The predicted molar refractivity (Wildman–Crippen MR) is 194 cm³/mol. The molecule has 0 N–H and O–H groups in total. The second-order valence-corrected chi connectivity index (χ2v) is 13.2. The van der Waals surface area contributed by atoms with Gasteiger partial charge in [-0.2, -0.15) is 0 Å². The maximum atomic E-state index is 2.53. The fraction of sp³-hybridized carbons (Fsp3) is 0. The molecular weight excluding hydrogens is 579 g/mol. The number of benzene rings is 7. The van der Waals surface area contributed by atoms with Gasteiger partial charge in [-0.25, -0.2) is 0 Å². The summed E-state index contributed by atoms with van der Waals surface area (Å²) in [6, 6.07) is 55.6. The number of fused-ring (bicyclic) bond motifs is 12. The van der Waals surface area contributed by atoms with E-state index in [9.17, 15) is 0 Å². The Morgan fingerprint density at radius 3 is 1.78 bits per heavy atom. The van der Waals surface area contributed by atoms with Crippen molar-refractivity contribution in [1.82, 2.24) is 13.7 Å². The third kappa shape index (κ3) is 3.09. The highest BCUT2D eigenvalue weighted by molar-refractivity contribution is 7.99. The van der Waals surface area contributed by atoms with Gasteiger partial charge in [-0.05, 0) is 60.7 Å². The van der Waals surface area contributed by atoms with Gasteiger partial charge < -0.3 is 13.7 Å². The Labute approximate surface area is 268 Å². The third-order valence-electron chi connectivity index (χ3n) is 9.79. The number of aromatic nitrogens is 3. The molecular formula is C42H25N3S. The molecule has 3 nitrogen and oxygen atoms in total. The van der Waals surface area contributed by atoms with Crippen molar-refractivity contribution in [3.8, 4) is 17.1 Å². The van der Waals surface area contributed by atoms with Crippen molar-refractivity contribution in [2.24, 2.45) is 0 Å². The van der Waals surface area contributed by atoms with Crippen LogP contribution in [0.1, 0.15) is 0 Å². The standard InChI is InChI=1S/C42H25N3S/c1-2-12-26(13-3-1)43-35-19-9-6-16-31(35)40-37(43)23-22-30-28-14-4-7-17-33(28)44(42(30)40)27-24-32-29-15-5-8-18-34(29)45-36-20-10-11-21-38(36)46-39(25-27)41(32)45/h1-25H. The molecule has 0 spiro atoms. The summed E-state index contributed by atoms with van der Waals surface area (Å²) in [4.78, 5) is 2.57. The smallest absolute Gasteiger partial charge is 0.0682 e. The van der Waals surface area contributed by atoms with E-state index in [4.69, 9.17) is 0 Å². The van der Waals surface area contributed by atoms with E-state index in [-0.39, 0.29) is 0 Å². The first-order valence-electron chi connectivity index (χ1n) is 15.7. The molecule has 214 valence electrons. The molecule has 0 unspecified atom stereocenters. The summed E-state index contributed by atoms with van der Waals surface area (Å²) >= 11 is 1.88. The minimum atomic E-state index is 1.17. The lowest BCUT2D eigenvalue weighted by atomic mass is 10.1. The average molecular weight is 604 g/mol. The summed E-state index contributed by atoms with van der Waals surface area (Å²) in [5.41, 5.74) is 11.1. The molecule has 4 heteroatoms. The minimum Gasteiger partial charge on any atom is -0.309 e. The van der Waals surface area contributed by atoms with Crippen LogP contribution in [-0.4, -0.2) is 13.7 Å². The van der Waals surface area contributed by atoms with Crippen molar-refractivity contribution in [3.05, 3.63) is 152 Å². The van der Waals surface area contributed by atoms with Gasteiger partial charge in [-0.15, -0.1) is 0 Å². The monoisotopic (exact) mass is 603 g/mol. The number of rotatable bonds is 2. The van der Waals surface area contributed by atoms with Crippen molar-refractivity contribution in [1.29, 1.82) is 0 Å². The second kappa shape index (κ2) is 8.94. The van der Waals surface area contributed by atoms with E-state index in [0.29, 0.717) is 0 Å². The lowest BCUT2D eigenvalue weighted by molar-refractivity contribution is 1.08. The van der Waals surface area contributed by atoms with Gasteiger partial charge in [0.25, 0.3) is 0 Å². The molecule has 0 bridgehead atoms. The van der Waals surface area contributed by atoms with E-state index in [1.165, 1.54) is 92.3 Å². The SMILES string of the molecule is c1ccc(-n2c3ccccc3c3c2ccc2c4ccccc4n(-c4cc5c6c(c4)c4ccccc4n6-c4ccccc4S5)c23)cc1. The van der Waals surface area contributed by atoms with Gasteiger partial charge in [-0.1, -0.05) is 103 Å². The summed E-state index contributed by atoms with van der Waals surface area (Å²) in [7, 11) is 0. The van der Waals surface area contributed by atoms with E-state index >= 15 is 0 Å². The highest BCUT2D eigenvalue weighted by atomic mass is 32.2. The Bertz CT molecular complexity index is 2890. The van der Waals surface area contributed by atoms with E-state index in [1.807, 2.05) is 11.8 Å². The fourth-order valence-corrected chi connectivity index (χ4v) is 9.11. The molecule has 7 aromatic carbocycles. The number of para-hydroxylation sites is 5. The lowest BCUT2D eigenvalue weighted by Crippen LogP contribution is -2.02. The van der Waals surface area contributed by atoms with Crippen molar-refractivity contribution in [3.63, 3.8) is 0 Å². The van der Waals surface area contributed by atoms with Crippen LogP contribution in [-0.2, 0) is 0 Å². The molecule has 0 radical (unpaired) electrons. The maximum Gasteiger partial charge on any atom is 0.0682 e. The van der Waals surface area contributed by atoms with Gasteiger partial charge >= 0.3 is 0 Å². The molecule has 4 heterocycles. The molecule has 1 aliphatic heterocycles. The van der Waals surface area contributed by atoms with Crippen LogP contribution in [0.2, 0.25) is 0 Å². The molecule has 3 aromatic heterocycles. The van der Waals surface area contributed by atoms with Gasteiger partial charge in [0.05, 0.1) is 38.8 Å². The predicted octanol–water partition coefficient (Wildman–Crippen LogP) is 11.4. The van der Waals surface area contributed by atoms with E-state index in [0.717, 1.165) is 0 Å². The molecule has 0 saturated heterocycles. The Kier molecular flexibility index (Phi) is 4.78. The Hall–Kier alpha value is -5.71. The first-order valence-corrected chi connectivity index (χ1v) is 16.5. The van der Waals surface area contributed by atoms with Gasteiger partial charge in [0, 0.05) is 53.5 Å². The zero-order valence-electron chi connectivity index (χ0n) is 24.7. The lowest BCUT2D eigenvalue weighted by Gasteiger charge is -2.21. The molecule has 0 amide bonds. The Morgan fingerprint density at radius 2 is 0.978 bits per heavy atom. The van der Waals surface area contributed by atoms with Gasteiger partial charge in [0.15, 0.2) is 0 Å². The fourth-order valence-electron chi connectivity index (χ4n) is 7.98. The zero-order valence-corrected chi connectivity index (χ0v) is 25.5. The number of nitrogens with zero attached hydrogens (tertiary/aromatic N) is 3. The zero-order chi connectivity index (χ0) is 29.9. The van der Waals surface area contributed by atoms with Crippen LogP contribution in [0.3, 0.4) is 0 Å². The molecule has 0 aliphatic carbocycles. The first kappa shape index (κ1) is 24.6. The molecule has 10 aromatic rings. The summed E-state index contributed by atoms with van der Waals surface area (Å²) in [5.74, 6) is 0. The molecule has 11 rings (SSSR count). The topological polar surface area (TPSA) is 14.8 Å². The third-order valence-corrected chi connectivity index (χ3v) is 10.9. The maximum absolute atomic E-state index is 2.53. The van der Waals surface area contributed by atoms with Crippen LogP contribution in [0.15, 0.2) is 161 Å². The molecule has 1 aliphatic rings. The summed E-state index contributed by atoms with van der Waals surface area (Å²) < 4.78 is 7.41. The summed E-state index contributed by atoms with van der Waals surface area (Å²) in [6.45, 7) is 0. The van der Waals surface area contributed by atoms with Crippen molar-refractivity contribution in [2.75, 3.05) is 0 Å². The van der Waals surface area contributed by atoms with Crippen molar-refractivity contribution in [2.45, 2.75) is 9.79 Å². The molecule has 46 heavy (non-hydrogen) atoms. The average Bonchev–Trinajstić information content (AvgIpc) is 3.75. The van der Waals surface area contributed by atoms with Crippen LogP contribution in [0.4, 0.5) is 0 Å². The highest BCUT2D eigenvalue weighted by Gasteiger charge is 2.26. The van der Waals surface area contributed by atoms with Crippen LogP contribution in [0.25, 0.3) is 82.5 Å². The highest BCUT2D eigenvalue weighted by Crippen LogP contribution is 2.49. The summed E-state index contributed by atoms with van der Waals surface area (Å²) in [6.07, 6.45) is 0. The van der Waals surface area contributed by atoms with E-state index in [1.54, 1.807) is 0 Å². The second-order valence-electron chi connectivity index (χ2n) is 12.2. The number of hydrogen-bond donors (Lipinski definition) is 0.